The molecular formula is C18H19N3O3. The molecule has 1 unspecified atom stereocenters. The second-order valence-corrected chi connectivity index (χ2v) is 5.69. The van der Waals surface area contributed by atoms with E-state index in [0.29, 0.717) is 23.6 Å². The summed E-state index contributed by atoms with van der Waals surface area (Å²) in [5, 5.41) is 8.28. The van der Waals surface area contributed by atoms with E-state index >= 15 is 0 Å². The molecule has 0 radical (unpaired) electrons. The topological polar surface area (TPSA) is 83.4 Å². The van der Waals surface area contributed by atoms with Gasteiger partial charge in [0.15, 0.2) is 0 Å². The average molecular weight is 325 g/mol. The highest BCUT2D eigenvalue weighted by Gasteiger charge is 2.32. The van der Waals surface area contributed by atoms with Gasteiger partial charge in [0.2, 0.25) is 0 Å². The van der Waals surface area contributed by atoms with Crippen LogP contribution in [0.5, 0.6) is 0 Å². The molecule has 3 N–H and O–H groups in total. The van der Waals surface area contributed by atoms with Crippen molar-refractivity contribution in [3.63, 3.8) is 0 Å². The lowest BCUT2D eigenvalue weighted by Gasteiger charge is -2.27. The summed E-state index contributed by atoms with van der Waals surface area (Å²) >= 11 is 0. The third-order valence-corrected chi connectivity index (χ3v) is 3.86. The summed E-state index contributed by atoms with van der Waals surface area (Å²) in [6.07, 6.45) is 0. The molecule has 0 saturated carbocycles. The van der Waals surface area contributed by atoms with Crippen LogP contribution in [0.1, 0.15) is 30.0 Å². The minimum absolute atomic E-state index is 0.247. The normalized spacial score (nSPS) is 17.2. The minimum atomic E-state index is -0.608. The van der Waals surface area contributed by atoms with Crippen molar-refractivity contribution in [1.82, 2.24) is 16.0 Å². The van der Waals surface area contributed by atoms with Gasteiger partial charge in [0.1, 0.15) is 17.6 Å². The third kappa shape index (κ3) is 3.32. The fraction of sp³-hybridized carbons (Fsp3) is 0.222. The van der Waals surface area contributed by atoms with Crippen LogP contribution in [0.4, 0.5) is 4.79 Å². The Hall–Kier alpha value is -3.02. The molecular weight excluding hydrogens is 306 g/mol. The number of hydrogen-bond acceptors (Lipinski definition) is 3. The van der Waals surface area contributed by atoms with Crippen molar-refractivity contribution in [1.29, 1.82) is 0 Å². The largest absolute Gasteiger partial charge is 0.464 e. The quantitative estimate of drug-likeness (QED) is 0.808. The number of allylic oxidation sites excluding steroid dienone is 1. The molecule has 124 valence electrons. The van der Waals surface area contributed by atoms with Gasteiger partial charge in [0.05, 0.1) is 5.57 Å². The Morgan fingerprint density at radius 1 is 1.17 bits per heavy atom. The lowest BCUT2D eigenvalue weighted by atomic mass is 10.00. The van der Waals surface area contributed by atoms with Gasteiger partial charge in [-0.05, 0) is 31.5 Å². The van der Waals surface area contributed by atoms with E-state index in [4.69, 9.17) is 4.42 Å². The molecule has 1 aromatic carbocycles. The second-order valence-electron chi connectivity index (χ2n) is 5.69. The third-order valence-electron chi connectivity index (χ3n) is 3.86. The number of urea groups is 1. The number of carbonyl (C=O) groups excluding carboxylic acids is 2. The van der Waals surface area contributed by atoms with E-state index in [-0.39, 0.29) is 11.9 Å². The van der Waals surface area contributed by atoms with E-state index in [1.54, 1.807) is 19.1 Å². The number of aryl methyl sites for hydroxylation is 1. The molecule has 1 aliphatic rings. The van der Waals surface area contributed by atoms with Gasteiger partial charge in [-0.3, -0.25) is 4.79 Å². The van der Waals surface area contributed by atoms with Gasteiger partial charge in [0, 0.05) is 12.2 Å². The number of nitrogens with one attached hydrogen (secondary N) is 3. The maximum absolute atomic E-state index is 12.7. The van der Waals surface area contributed by atoms with Crippen LogP contribution in [-0.2, 0) is 11.3 Å². The van der Waals surface area contributed by atoms with Crippen molar-refractivity contribution in [2.75, 3.05) is 0 Å². The number of rotatable bonds is 4. The standard InChI is InChI=1S/C18H19N3O3/c1-11-8-9-14(24-11)16-15(12(2)20-18(23)21-16)17(22)19-10-13-6-4-3-5-7-13/h3-9,16H,10H2,1-2H3,(H,19,22)(H2,20,21,23). The van der Waals surface area contributed by atoms with Gasteiger partial charge in [0.25, 0.3) is 5.91 Å². The van der Waals surface area contributed by atoms with Crippen LogP contribution in [0, 0.1) is 6.92 Å². The zero-order chi connectivity index (χ0) is 17.1. The van der Waals surface area contributed by atoms with E-state index in [2.05, 4.69) is 16.0 Å². The number of carbonyl (C=O) groups is 2. The summed E-state index contributed by atoms with van der Waals surface area (Å²) in [4.78, 5) is 24.5. The van der Waals surface area contributed by atoms with Gasteiger partial charge in [-0.2, -0.15) is 0 Å². The van der Waals surface area contributed by atoms with Crippen molar-refractivity contribution >= 4 is 11.9 Å². The molecule has 0 spiro atoms. The molecule has 1 aliphatic heterocycles. The molecule has 0 bridgehead atoms. The number of benzene rings is 1. The van der Waals surface area contributed by atoms with Crippen molar-refractivity contribution < 1.29 is 14.0 Å². The fourth-order valence-electron chi connectivity index (χ4n) is 2.69. The van der Waals surface area contributed by atoms with Gasteiger partial charge >= 0.3 is 6.03 Å². The molecule has 6 nitrogen and oxygen atoms in total. The highest BCUT2D eigenvalue weighted by atomic mass is 16.3. The summed E-state index contributed by atoms with van der Waals surface area (Å²) in [7, 11) is 0. The first-order chi connectivity index (χ1) is 11.5. The molecule has 0 fully saturated rings. The zero-order valence-corrected chi connectivity index (χ0v) is 13.6. The summed E-state index contributed by atoms with van der Waals surface area (Å²) in [6, 6.07) is 12.3. The average Bonchev–Trinajstić information content (AvgIpc) is 2.99. The molecule has 0 saturated heterocycles. The van der Waals surface area contributed by atoms with Gasteiger partial charge < -0.3 is 20.4 Å². The first-order valence-electron chi connectivity index (χ1n) is 7.71. The monoisotopic (exact) mass is 325 g/mol. The summed E-state index contributed by atoms with van der Waals surface area (Å²) < 4.78 is 5.61. The molecule has 2 aromatic rings. The highest BCUT2D eigenvalue weighted by Crippen LogP contribution is 2.28. The van der Waals surface area contributed by atoms with Crippen molar-refractivity contribution in [3.8, 4) is 0 Å². The van der Waals surface area contributed by atoms with Crippen molar-refractivity contribution in [2.45, 2.75) is 26.4 Å². The van der Waals surface area contributed by atoms with Gasteiger partial charge in [-0.1, -0.05) is 30.3 Å². The Morgan fingerprint density at radius 3 is 2.58 bits per heavy atom. The molecule has 6 heteroatoms. The van der Waals surface area contributed by atoms with E-state index < -0.39 is 6.04 Å². The summed E-state index contributed by atoms with van der Waals surface area (Å²) in [5.74, 6) is 1.01. The Labute approximate surface area is 139 Å². The van der Waals surface area contributed by atoms with E-state index in [0.717, 1.165) is 11.3 Å². The first-order valence-corrected chi connectivity index (χ1v) is 7.71. The number of furan rings is 1. The van der Waals surface area contributed by atoms with Crippen LogP contribution in [0.3, 0.4) is 0 Å². The van der Waals surface area contributed by atoms with Crippen molar-refractivity contribution in [3.05, 3.63) is 70.8 Å². The minimum Gasteiger partial charge on any atom is -0.464 e. The molecule has 24 heavy (non-hydrogen) atoms. The van der Waals surface area contributed by atoms with Crippen LogP contribution in [0.15, 0.2) is 58.2 Å². The Morgan fingerprint density at radius 2 is 1.92 bits per heavy atom. The number of amides is 3. The molecule has 1 aromatic heterocycles. The van der Waals surface area contributed by atoms with E-state index in [9.17, 15) is 9.59 Å². The van der Waals surface area contributed by atoms with Crippen molar-refractivity contribution in [2.24, 2.45) is 0 Å². The molecule has 1 atom stereocenters. The fourth-order valence-corrected chi connectivity index (χ4v) is 2.69. The van der Waals surface area contributed by atoms with E-state index in [1.807, 2.05) is 37.3 Å². The molecule has 0 aliphatic carbocycles. The van der Waals surface area contributed by atoms with Crippen LogP contribution >= 0.6 is 0 Å². The highest BCUT2D eigenvalue weighted by molar-refractivity contribution is 5.98. The Bertz CT molecular complexity index is 793. The van der Waals surface area contributed by atoms with E-state index in [1.165, 1.54) is 0 Å². The zero-order valence-electron chi connectivity index (χ0n) is 13.6. The number of hydrogen-bond donors (Lipinski definition) is 3. The Kier molecular flexibility index (Phi) is 4.37. The predicted octanol–water partition coefficient (Wildman–Crippen LogP) is 2.53. The van der Waals surface area contributed by atoms with Crippen LogP contribution in [0.25, 0.3) is 0 Å². The Balaban J connectivity index is 1.82. The molecule has 3 rings (SSSR count). The lowest BCUT2D eigenvalue weighted by Crippen LogP contribution is -2.46. The predicted molar refractivity (Wildman–Crippen MR) is 88.8 cm³/mol. The molecule has 3 amide bonds. The summed E-state index contributed by atoms with van der Waals surface area (Å²) in [6.45, 7) is 3.94. The second kappa shape index (κ2) is 6.62. The van der Waals surface area contributed by atoms with Gasteiger partial charge in [-0.15, -0.1) is 0 Å². The SMILES string of the molecule is CC1=C(C(=O)NCc2ccccc2)C(c2ccc(C)o2)NC(=O)N1. The van der Waals surface area contributed by atoms with Crippen LogP contribution in [0.2, 0.25) is 0 Å². The smallest absolute Gasteiger partial charge is 0.319 e. The van der Waals surface area contributed by atoms with Crippen LogP contribution in [-0.4, -0.2) is 11.9 Å². The maximum Gasteiger partial charge on any atom is 0.319 e. The maximum atomic E-state index is 12.7. The summed E-state index contributed by atoms with van der Waals surface area (Å²) in [5.41, 5.74) is 1.96. The van der Waals surface area contributed by atoms with Crippen LogP contribution < -0.4 is 16.0 Å². The molecule has 2 heterocycles. The lowest BCUT2D eigenvalue weighted by molar-refractivity contribution is -0.118. The first kappa shape index (κ1) is 15.9. The van der Waals surface area contributed by atoms with Gasteiger partial charge in [-0.25, -0.2) is 4.79 Å².